The first kappa shape index (κ1) is 31.9. The van der Waals surface area contributed by atoms with Crippen molar-refractivity contribution in [2.24, 2.45) is 23.7 Å². The number of unbranched alkanes of at least 4 members (excludes halogenated alkanes) is 8. The Balaban J connectivity index is 4.82. The number of hydrogen-bond acceptors (Lipinski definition) is 2. The van der Waals surface area contributed by atoms with Gasteiger partial charge in [0, 0.05) is 6.42 Å². The Morgan fingerprint density at radius 3 is 1.45 bits per heavy atom. The summed E-state index contributed by atoms with van der Waals surface area (Å²) in [4.78, 5) is 22.9. The van der Waals surface area contributed by atoms with Crippen LogP contribution in [0.5, 0.6) is 0 Å². The van der Waals surface area contributed by atoms with Gasteiger partial charge in [0.2, 0.25) is 0 Å². The van der Waals surface area contributed by atoms with Crippen LogP contribution in [0.4, 0.5) is 0 Å². The lowest BCUT2D eigenvalue weighted by Gasteiger charge is -2.31. The molecule has 0 saturated heterocycles. The number of carboxylic acid groups (broad SMARTS) is 2. The summed E-state index contributed by atoms with van der Waals surface area (Å²) in [5.74, 6) is 0.139. The molecule has 4 nitrogen and oxygen atoms in total. The molecule has 0 aromatic rings. The van der Waals surface area contributed by atoms with Crippen LogP contribution in [0.1, 0.15) is 150 Å². The van der Waals surface area contributed by atoms with Crippen LogP contribution in [-0.2, 0) is 9.59 Å². The standard InChI is InChI=1S/C29H56O4/c1-5-9-18-24(7-3)22-26(23-25(8-4)19-10-6-2)27(29(32)33)20-16-14-12-11-13-15-17-21-28(30)31/h24-27H,5-23H2,1-4H3,(H,30,31)(H,32,33). The van der Waals surface area contributed by atoms with E-state index < -0.39 is 11.9 Å². The Labute approximate surface area is 205 Å². The molecule has 0 aliphatic carbocycles. The maximum Gasteiger partial charge on any atom is 0.306 e. The van der Waals surface area contributed by atoms with E-state index in [-0.39, 0.29) is 12.3 Å². The number of carbonyl (C=O) groups is 2. The Bertz CT molecular complexity index is 458. The molecule has 0 saturated carbocycles. The maximum atomic E-state index is 12.4. The first-order valence-corrected chi connectivity index (χ1v) is 14.3. The van der Waals surface area contributed by atoms with Gasteiger partial charge in [-0.25, -0.2) is 0 Å². The largest absolute Gasteiger partial charge is 0.481 e. The fourth-order valence-corrected chi connectivity index (χ4v) is 5.33. The van der Waals surface area contributed by atoms with Crippen molar-refractivity contribution in [1.82, 2.24) is 0 Å². The maximum absolute atomic E-state index is 12.4. The van der Waals surface area contributed by atoms with Gasteiger partial charge in [0.1, 0.15) is 0 Å². The summed E-state index contributed by atoms with van der Waals surface area (Å²) in [7, 11) is 0. The van der Waals surface area contributed by atoms with E-state index in [0.717, 1.165) is 77.0 Å². The molecule has 0 aromatic carbocycles. The summed E-state index contributed by atoms with van der Waals surface area (Å²) in [6.07, 6.45) is 20.2. The smallest absolute Gasteiger partial charge is 0.306 e. The van der Waals surface area contributed by atoms with Crippen molar-refractivity contribution in [3.8, 4) is 0 Å². The predicted molar refractivity (Wildman–Crippen MR) is 140 cm³/mol. The van der Waals surface area contributed by atoms with Crippen LogP contribution in [0.2, 0.25) is 0 Å². The lowest BCUT2D eigenvalue weighted by atomic mass is 9.74. The van der Waals surface area contributed by atoms with Crippen molar-refractivity contribution in [2.75, 3.05) is 0 Å². The van der Waals surface area contributed by atoms with Crippen LogP contribution in [0, 0.1) is 23.7 Å². The third-order valence-corrected chi connectivity index (χ3v) is 7.65. The van der Waals surface area contributed by atoms with Gasteiger partial charge in [-0.1, -0.05) is 118 Å². The summed E-state index contributed by atoms with van der Waals surface area (Å²) in [5, 5.41) is 18.9. The van der Waals surface area contributed by atoms with Crippen LogP contribution in [-0.4, -0.2) is 22.2 Å². The fraction of sp³-hybridized carbons (Fsp3) is 0.931. The average Bonchev–Trinajstić information content (AvgIpc) is 2.79. The van der Waals surface area contributed by atoms with Crippen LogP contribution < -0.4 is 0 Å². The Kier molecular flexibility index (Phi) is 20.8. The van der Waals surface area contributed by atoms with E-state index in [2.05, 4.69) is 27.7 Å². The average molecular weight is 469 g/mol. The Hall–Kier alpha value is -1.06. The number of rotatable bonds is 24. The Morgan fingerprint density at radius 2 is 1.06 bits per heavy atom. The van der Waals surface area contributed by atoms with E-state index in [9.17, 15) is 14.7 Å². The van der Waals surface area contributed by atoms with E-state index in [1.807, 2.05) is 0 Å². The van der Waals surface area contributed by atoms with Crippen LogP contribution >= 0.6 is 0 Å². The summed E-state index contributed by atoms with van der Waals surface area (Å²) in [6.45, 7) is 9.04. The highest BCUT2D eigenvalue weighted by Gasteiger charge is 2.31. The van der Waals surface area contributed by atoms with Gasteiger partial charge in [0.25, 0.3) is 0 Å². The molecule has 0 aliphatic heterocycles. The van der Waals surface area contributed by atoms with Crippen molar-refractivity contribution >= 4 is 11.9 Å². The van der Waals surface area contributed by atoms with Crippen LogP contribution in [0.25, 0.3) is 0 Å². The van der Waals surface area contributed by atoms with E-state index in [1.54, 1.807) is 0 Å². The van der Waals surface area contributed by atoms with Gasteiger partial charge in [-0.2, -0.15) is 0 Å². The van der Waals surface area contributed by atoms with Crippen molar-refractivity contribution < 1.29 is 19.8 Å². The zero-order valence-electron chi connectivity index (χ0n) is 22.5. The highest BCUT2D eigenvalue weighted by molar-refractivity contribution is 5.70. The molecule has 196 valence electrons. The van der Waals surface area contributed by atoms with E-state index >= 15 is 0 Å². The molecule has 0 bridgehead atoms. The molecule has 0 spiro atoms. The molecule has 0 amide bonds. The van der Waals surface area contributed by atoms with Crippen molar-refractivity contribution in [2.45, 2.75) is 150 Å². The first-order chi connectivity index (χ1) is 15.9. The van der Waals surface area contributed by atoms with E-state index in [4.69, 9.17) is 5.11 Å². The lowest BCUT2D eigenvalue weighted by molar-refractivity contribution is -0.144. The molecular formula is C29H56O4. The molecule has 0 rings (SSSR count). The van der Waals surface area contributed by atoms with Crippen LogP contribution in [0.15, 0.2) is 0 Å². The molecule has 0 heterocycles. The molecule has 33 heavy (non-hydrogen) atoms. The van der Waals surface area contributed by atoms with Gasteiger partial charge in [0.15, 0.2) is 0 Å². The van der Waals surface area contributed by atoms with Gasteiger partial charge < -0.3 is 10.2 Å². The minimum atomic E-state index is -0.704. The van der Waals surface area contributed by atoms with Crippen molar-refractivity contribution in [1.29, 1.82) is 0 Å². The molecule has 0 radical (unpaired) electrons. The Morgan fingerprint density at radius 1 is 0.606 bits per heavy atom. The second-order valence-electron chi connectivity index (χ2n) is 10.4. The zero-order valence-corrected chi connectivity index (χ0v) is 22.5. The van der Waals surface area contributed by atoms with Crippen molar-refractivity contribution in [3.63, 3.8) is 0 Å². The minimum absolute atomic E-state index is 0.202. The molecule has 4 heteroatoms. The molecule has 3 unspecified atom stereocenters. The number of hydrogen-bond donors (Lipinski definition) is 2. The van der Waals surface area contributed by atoms with Gasteiger partial charge in [-0.3, -0.25) is 9.59 Å². The summed E-state index contributed by atoms with van der Waals surface area (Å²) in [6, 6.07) is 0. The normalized spacial score (nSPS) is 15.2. The zero-order chi connectivity index (χ0) is 24.9. The third-order valence-electron chi connectivity index (χ3n) is 7.65. The molecular weight excluding hydrogens is 412 g/mol. The quantitative estimate of drug-likeness (QED) is 0.138. The highest BCUT2D eigenvalue weighted by atomic mass is 16.4. The van der Waals surface area contributed by atoms with Crippen molar-refractivity contribution in [3.05, 3.63) is 0 Å². The van der Waals surface area contributed by atoms with E-state index in [1.165, 1.54) is 38.5 Å². The molecule has 0 aromatic heterocycles. The first-order valence-electron chi connectivity index (χ1n) is 14.3. The van der Waals surface area contributed by atoms with Gasteiger partial charge >= 0.3 is 11.9 Å². The monoisotopic (exact) mass is 468 g/mol. The summed E-state index contributed by atoms with van der Waals surface area (Å²) >= 11 is 0. The molecule has 2 N–H and O–H groups in total. The fourth-order valence-electron chi connectivity index (χ4n) is 5.33. The molecule has 0 aliphatic rings. The summed E-state index contributed by atoms with van der Waals surface area (Å²) < 4.78 is 0. The van der Waals surface area contributed by atoms with Crippen LogP contribution in [0.3, 0.4) is 0 Å². The third kappa shape index (κ3) is 17.1. The second-order valence-corrected chi connectivity index (χ2v) is 10.4. The lowest BCUT2D eigenvalue weighted by Crippen LogP contribution is -2.28. The highest BCUT2D eigenvalue weighted by Crippen LogP contribution is 2.36. The van der Waals surface area contributed by atoms with Gasteiger partial charge in [-0.05, 0) is 43.4 Å². The SMILES string of the molecule is CCCCC(CC)CC(CC(CC)CCCC)C(CCCCCCCCCC(=O)O)C(=O)O. The predicted octanol–water partition coefficient (Wildman–Crippen LogP) is 9.11. The second kappa shape index (κ2) is 21.5. The minimum Gasteiger partial charge on any atom is -0.481 e. The summed E-state index contributed by atoms with van der Waals surface area (Å²) in [5.41, 5.74) is 0. The number of carboxylic acids is 2. The topological polar surface area (TPSA) is 74.6 Å². The van der Waals surface area contributed by atoms with Gasteiger partial charge in [0.05, 0.1) is 5.92 Å². The number of aliphatic carboxylic acids is 2. The van der Waals surface area contributed by atoms with Gasteiger partial charge in [-0.15, -0.1) is 0 Å². The molecule has 0 fully saturated rings. The van der Waals surface area contributed by atoms with E-state index in [0.29, 0.717) is 17.8 Å². The molecule has 3 atom stereocenters.